The number of carbonyl (C=O) groups excluding carboxylic acids is 1. The molecule has 5 heteroatoms. The van der Waals surface area contributed by atoms with Gasteiger partial charge in [-0.2, -0.15) is 0 Å². The highest BCUT2D eigenvalue weighted by molar-refractivity contribution is 5.95. The number of nitrogens with zero attached hydrogens (tertiary/aromatic N) is 1. The molecule has 0 fully saturated rings. The third kappa shape index (κ3) is 1.93. The molecule has 0 unspecified atom stereocenters. The molecule has 0 aromatic heterocycles. The van der Waals surface area contributed by atoms with Gasteiger partial charge in [0, 0.05) is 12.6 Å². The zero-order chi connectivity index (χ0) is 16.0. The number of methoxy groups -OCH3 is 1. The molecule has 2 aromatic carbocycles. The Balaban J connectivity index is 2.30. The van der Waals surface area contributed by atoms with E-state index >= 15 is 0 Å². The molecular weight excluding hydrogens is 283 g/mol. The third-order valence-electron chi connectivity index (χ3n) is 4.29. The normalized spacial score (nSPS) is 16.0. The second kappa shape index (κ2) is 5.02. The summed E-state index contributed by atoms with van der Waals surface area (Å²) in [4.78, 5) is 13.7. The number of anilines is 2. The summed E-state index contributed by atoms with van der Waals surface area (Å²) in [5.41, 5.74) is 10.1. The molecule has 0 saturated carbocycles. The van der Waals surface area contributed by atoms with Crippen LogP contribution in [0.25, 0.3) is 11.1 Å². The molecule has 4 nitrogen and oxygen atoms in total. The van der Waals surface area contributed by atoms with Gasteiger partial charge in [0.2, 0.25) is 0 Å². The number of nitrogens with two attached hydrogens (primary N) is 1. The van der Waals surface area contributed by atoms with Gasteiger partial charge >= 0.3 is 5.97 Å². The molecule has 22 heavy (non-hydrogen) atoms. The second-order valence-corrected chi connectivity index (χ2v) is 5.44. The monoisotopic (exact) mass is 300 g/mol. The second-order valence-electron chi connectivity index (χ2n) is 5.44. The van der Waals surface area contributed by atoms with Crippen LogP contribution < -0.4 is 10.6 Å². The molecule has 2 N–H and O–H groups in total. The molecule has 114 valence electrons. The van der Waals surface area contributed by atoms with Crippen LogP contribution in [0.15, 0.2) is 30.3 Å². The first-order chi connectivity index (χ1) is 10.5. The van der Waals surface area contributed by atoms with Gasteiger partial charge in [-0.15, -0.1) is 0 Å². The lowest BCUT2D eigenvalue weighted by Gasteiger charge is -2.36. The molecule has 2 aromatic rings. The van der Waals surface area contributed by atoms with Crippen molar-refractivity contribution >= 4 is 17.3 Å². The minimum Gasteiger partial charge on any atom is -0.465 e. The first kappa shape index (κ1) is 14.4. The molecule has 3 rings (SSSR count). The highest BCUT2D eigenvalue weighted by Crippen LogP contribution is 2.47. The number of para-hydroxylation sites is 1. The van der Waals surface area contributed by atoms with E-state index in [1.54, 1.807) is 6.07 Å². The van der Waals surface area contributed by atoms with E-state index in [2.05, 4.69) is 4.74 Å². The van der Waals surface area contributed by atoms with E-state index in [0.717, 1.165) is 22.4 Å². The maximum absolute atomic E-state index is 14.3. The van der Waals surface area contributed by atoms with Crippen LogP contribution in [0.4, 0.5) is 15.8 Å². The Hall–Kier alpha value is -2.56. The van der Waals surface area contributed by atoms with Crippen LogP contribution in [0.3, 0.4) is 0 Å². The molecular formula is C17H17FN2O2. The largest absolute Gasteiger partial charge is 0.465 e. The maximum Gasteiger partial charge on any atom is 0.340 e. The van der Waals surface area contributed by atoms with Crippen molar-refractivity contribution in [3.05, 3.63) is 47.3 Å². The summed E-state index contributed by atoms with van der Waals surface area (Å²) in [6.45, 7) is 1.99. The quantitative estimate of drug-likeness (QED) is 0.648. The van der Waals surface area contributed by atoms with Crippen molar-refractivity contribution in [3.8, 4) is 11.1 Å². The predicted octanol–water partition coefficient (Wildman–Crippen LogP) is 3.37. The lowest BCUT2D eigenvalue weighted by atomic mass is 9.87. The van der Waals surface area contributed by atoms with E-state index in [1.807, 2.05) is 37.1 Å². The van der Waals surface area contributed by atoms with E-state index in [-0.39, 0.29) is 11.6 Å². The fourth-order valence-corrected chi connectivity index (χ4v) is 3.01. The fourth-order valence-electron chi connectivity index (χ4n) is 3.01. The number of benzene rings is 2. The van der Waals surface area contributed by atoms with Crippen molar-refractivity contribution in [1.29, 1.82) is 0 Å². The smallest absolute Gasteiger partial charge is 0.340 e. The van der Waals surface area contributed by atoms with Crippen LogP contribution in [-0.2, 0) is 4.74 Å². The summed E-state index contributed by atoms with van der Waals surface area (Å²) >= 11 is 0. The van der Waals surface area contributed by atoms with Crippen molar-refractivity contribution in [2.45, 2.75) is 13.0 Å². The molecule has 0 spiro atoms. The first-order valence-corrected chi connectivity index (χ1v) is 6.99. The fraction of sp³-hybridized carbons (Fsp3) is 0.235. The van der Waals surface area contributed by atoms with Crippen LogP contribution in [0.5, 0.6) is 0 Å². The van der Waals surface area contributed by atoms with Crippen LogP contribution in [-0.4, -0.2) is 20.1 Å². The van der Waals surface area contributed by atoms with Crippen LogP contribution >= 0.6 is 0 Å². The molecule has 0 aliphatic carbocycles. The van der Waals surface area contributed by atoms with E-state index in [0.29, 0.717) is 5.69 Å². The summed E-state index contributed by atoms with van der Waals surface area (Å²) in [5, 5.41) is 0. The minimum absolute atomic E-state index is 0.0313. The Morgan fingerprint density at radius 1 is 1.32 bits per heavy atom. The van der Waals surface area contributed by atoms with E-state index in [1.165, 1.54) is 13.2 Å². The van der Waals surface area contributed by atoms with Crippen LogP contribution in [0.2, 0.25) is 0 Å². The van der Waals surface area contributed by atoms with Gasteiger partial charge in [-0.1, -0.05) is 12.1 Å². The molecule has 0 saturated heterocycles. The molecule has 1 atom stereocenters. The third-order valence-corrected chi connectivity index (χ3v) is 4.29. The standard InChI is InChI=1S/C17H17FN2O2/c1-9-11-7-13(17(21)22-3)14(18)8-12(11)10-5-4-6-15(19)16(10)20(9)2/h4-9H,19H2,1-3H3/t9-/m0/s1. The van der Waals surface area contributed by atoms with Gasteiger partial charge < -0.3 is 15.4 Å². The van der Waals surface area contributed by atoms with Crippen molar-refractivity contribution in [2.24, 2.45) is 0 Å². The van der Waals surface area contributed by atoms with E-state index < -0.39 is 11.8 Å². The van der Waals surface area contributed by atoms with Crippen molar-refractivity contribution < 1.29 is 13.9 Å². The number of ether oxygens (including phenoxy) is 1. The Bertz CT molecular complexity index is 773. The SMILES string of the molecule is COC(=O)c1cc2c(cc1F)-c1cccc(N)c1N(C)[C@H]2C. The molecule has 0 bridgehead atoms. The number of carbonyl (C=O) groups is 1. The summed E-state index contributed by atoms with van der Waals surface area (Å²) in [7, 11) is 3.18. The van der Waals surface area contributed by atoms with Gasteiger partial charge in [0.25, 0.3) is 0 Å². The molecule has 1 aliphatic rings. The van der Waals surface area contributed by atoms with Gasteiger partial charge in [0.05, 0.1) is 30.1 Å². The number of halogens is 1. The average Bonchev–Trinajstić information content (AvgIpc) is 2.51. The van der Waals surface area contributed by atoms with Gasteiger partial charge in [-0.05, 0) is 36.2 Å². The molecule has 1 aliphatic heterocycles. The number of fused-ring (bicyclic) bond motifs is 3. The van der Waals surface area contributed by atoms with Crippen molar-refractivity contribution in [3.63, 3.8) is 0 Å². The lowest BCUT2D eigenvalue weighted by molar-refractivity contribution is 0.0595. The number of hydrogen-bond donors (Lipinski definition) is 1. The molecule has 0 amide bonds. The Morgan fingerprint density at radius 2 is 2.05 bits per heavy atom. The topological polar surface area (TPSA) is 55.6 Å². The number of hydrogen-bond acceptors (Lipinski definition) is 4. The summed E-state index contributed by atoms with van der Waals surface area (Å²) < 4.78 is 18.9. The highest BCUT2D eigenvalue weighted by Gasteiger charge is 2.29. The number of nitrogen functional groups attached to an aromatic ring is 1. The summed E-state index contributed by atoms with van der Waals surface area (Å²) in [6.07, 6.45) is 0. The Kier molecular flexibility index (Phi) is 3.28. The number of esters is 1. The number of rotatable bonds is 1. The van der Waals surface area contributed by atoms with Crippen molar-refractivity contribution in [1.82, 2.24) is 0 Å². The van der Waals surface area contributed by atoms with Gasteiger partial charge in [-0.3, -0.25) is 0 Å². The van der Waals surface area contributed by atoms with Crippen LogP contribution in [0.1, 0.15) is 28.9 Å². The Morgan fingerprint density at radius 3 is 2.73 bits per heavy atom. The van der Waals surface area contributed by atoms with Crippen molar-refractivity contribution in [2.75, 3.05) is 24.8 Å². The van der Waals surface area contributed by atoms with Gasteiger partial charge in [-0.25, -0.2) is 9.18 Å². The zero-order valence-corrected chi connectivity index (χ0v) is 12.7. The van der Waals surface area contributed by atoms with Crippen LogP contribution in [0, 0.1) is 5.82 Å². The highest BCUT2D eigenvalue weighted by atomic mass is 19.1. The Labute approximate surface area is 128 Å². The average molecular weight is 300 g/mol. The van der Waals surface area contributed by atoms with E-state index in [9.17, 15) is 9.18 Å². The predicted molar refractivity (Wildman–Crippen MR) is 84.4 cm³/mol. The molecule has 0 radical (unpaired) electrons. The molecule has 1 heterocycles. The first-order valence-electron chi connectivity index (χ1n) is 6.99. The van der Waals surface area contributed by atoms with E-state index in [4.69, 9.17) is 5.73 Å². The minimum atomic E-state index is -0.673. The van der Waals surface area contributed by atoms with Gasteiger partial charge in [0.15, 0.2) is 0 Å². The van der Waals surface area contributed by atoms with Gasteiger partial charge in [0.1, 0.15) is 5.82 Å². The lowest BCUT2D eigenvalue weighted by Crippen LogP contribution is -2.27. The summed E-state index contributed by atoms with van der Waals surface area (Å²) in [6, 6.07) is 8.51. The maximum atomic E-state index is 14.3. The zero-order valence-electron chi connectivity index (χ0n) is 12.7. The summed E-state index contributed by atoms with van der Waals surface area (Å²) in [5.74, 6) is -1.26.